The zero-order valence-corrected chi connectivity index (χ0v) is 13.6. The molecule has 1 aromatic carbocycles. The third-order valence-electron chi connectivity index (χ3n) is 3.13. The van der Waals surface area contributed by atoms with Crippen LogP contribution in [0.3, 0.4) is 0 Å². The summed E-state index contributed by atoms with van der Waals surface area (Å²) in [6.45, 7) is 5.82. The van der Waals surface area contributed by atoms with Crippen molar-refractivity contribution in [1.29, 1.82) is 0 Å². The topological polar surface area (TPSA) is 55.4 Å². The van der Waals surface area contributed by atoms with Crippen LogP contribution in [0.1, 0.15) is 29.1 Å². The number of carbonyl (C=O) groups is 2. The van der Waals surface area contributed by atoms with Crippen molar-refractivity contribution in [1.82, 2.24) is 5.32 Å². The van der Waals surface area contributed by atoms with E-state index in [1.54, 1.807) is 19.1 Å². The molecule has 0 aliphatic rings. The summed E-state index contributed by atoms with van der Waals surface area (Å²) < 4.78 is 19.5. The summed E-state index contributed by atoms with van der Waals surface area (Å²) in [5.41, 5.74) is 0.547. The van der Waals surface area contributed by atoms with Crippen LogP contribution in [0.2, 0.25) is 0 Å². The molecule has 0 bridgehead atoms. The number of nitrogens with one attached hydrogen (secondary N) is 1. The van der Waals surface area contributed by atoms with Gasteiger partial charge in [-0.3, -0.25) is 4.79 Å². The Morgan fingerprint density at radius 3 is 2.73 bits per heavy atom. The zero-order chi connectivity index (χ0) is 16.3. The number of esters is 1. The van der Waals surface area contributed by atoms with E-state index >= 15 is 0 Å². The lowest BCUT2D eigenvalue weighted by molar-refractivity contribution is -0.124. The zero-order valence-electron chi connectivity index (χ0n) is 12.7. The maximum absolute atomic E-state index is 13.8. The van der Waals surface area contributed by atoms with Crippen LogP contribution < -0.4 is 5.32 Å². The number of carbonyl (C=O) groups excluding carboxylic acids is 2. The first-order valence-electron chi connectivity index (χ1n) is 7.01. The summed E-state index contributed by atoms with van der Waals surface area (Å²) in [7, 11) is 0. The summed E-state index contributed by atoms with van der Waals surface area (Å²) in [5.74, 6) is -0.975. The number of amides is 1. The van der Waals surface area contributed by atoms with E-state index in [0.717, 1.165) is 0 Å². The highest BCUT2D eigenvalue weighted by Crippen LogP contribution is 2.32. The van der Waals surface area contributed by atoms with Crippen molar-refractivity contribution in [3.63, 3.8) is 0 Å². The van der Waals surface area contributed by atoms with Gasteiger partial charge < -0.3 is 10.1 Å². The van der Waals surface area contributed by atoms with Gasteiger partial charge in [-0.2, -0.15) is 0 Å². The van der Waals surface area contributed by atoms with Crippen LogP contribution in [0.15, 0.2) is 18.2 Å². The monoisotopic (exact) mass is 323 g/mol. The number of hydrogen-bond donors (Lipinski definition) is 1. The molecule has 0 radical (unpaired) electrons. The second kappa shape index (κ2) is 6.87. The average molecular weight is 323 g/mol. The number of halogens is 1. The summed E-state index contributed by atoms with van der Waals surface area (Å²) in [5, 5.41) is 3.10. The summed E-state index contributed by atoms with van der Waals surface area (Å²) in [6, 6.07) is 4.71. The second-order valence-electron chi connectivity index (χ2n) is 5.44. The molecular weight excluding hydrogens is 305 g/mol. The maximum atomic E-state index is 13.8. The molecule has 0 saturated heterocycles. The molecule has 22 heavy (non-hydrogen) atoms. The number of rotatable bonds is 5. The molecule has 1 heterocycles. The number of hydrogen-bond acceptors (Lipinski definition) is 4. The van der Waals surface area contributed by atoms with E-state index in [1.165, 1.54) is 17.4 Å². The van der Waals surface area contributed by atoms with Crippen molar-refractivity contribution >= 4 is 33.3 Å². The summed E-state index contributed by atoms with van der Waals surface area (Å²) >= 11 is 1.17. The van der Waals surface area contributed by atoms with Gasteiger partial charge in [0.05, 0.1) is 0 Å². The minimum Gasteiger partial charge on any atom is -0.451 e. The normalized spacial score (nSPS) is 11.0. The molecule has 0 unspecified atom stereocenters. The number of aryl methyl sites for hydroxylation is 1. The molecule has 0 spiro atoms. The number of fused-ring (bicyclic) bond motifs is 1. The molecule has 0 atom stereocenters. The van der Waals surface area contributed by atoms with E-state index in [9.17, 15) is 14.0 Å². The van der Waals surface area contributed by atoms with Crippen molar-refractivity contribution in [2.75, 3.05) is 13.2 Å². The van der Waals surface area contributed by atoms with Crippen molar-refractivity contribution in [3.8, 4) is 0 Å². The van der Waals surface area contributed by atoms with Gasteiger partial charge in [0, 0.05) is 16.6 Å². The third-order valence-corrected chi connectivity index (χ3v) is 4.37. The van der Waals surface area contributed by atoms with E-state index in [2.05, 4.69) is 5.32 Å². The van der Waals surface area contributed by atoms with Crippen LogP contribution in [0.25, 0.3) is 10.1 Å². The van der Waals surface area contributed by atoms with Gasteiger partial charge in [0.25, 0.3) is 5.91 Å². The van der Waals surface area contributed by atoms with Gasteiger partial charge in [0.2, 0.25) is 0 Å². The van der Waals surface area contributed by atoms with Gasteiger partial charge >= 0.3 is 5.97 Å². The van der Waals surface area contributed by atoms with Crippen LogP contribution in [0.5, 0.6) is 0 Å². The first kappa shape index (κ1) is 16.4. The van der Waals surface area contributed by atoms with Gasteiger partial charge in [-0.15, -0.1) is 11.3 Å². The molecule has 0 aliphatic carbocycles. The summed E-state index contributed by atoms with van der Waals surface area (Å²) in [4.78, 5) is 24.0. The lowest BCUT2D eigenvalue weighted by Gasteiger charge is -2.08. The van der Waals surface area contributed by atoms with E-state index < -0.39 is 5.97 Å². The molecule has 0 saturated carbocycles. The Morgan fingerprint density at radius 1 is 1.36 bits per heavy atom. The van der Waals surface area contributed by atoms with E-state index in [4.69, 9.17) is 4.74 Å². The maximum Gasteiger partial charge on any atom is 0.349 e. The van der Waals surface area contributed by atoms with Crippen molar-refractivity contribution in [2.24, 2.45) is 5.92 Å². The van der Waals surface area contributed by atoms with Crippen LogP contribution in [0, 0.1) is 18.7 Å². The molecule has 0 fully saturated rings. The molecule has 1 amide bonds. The van der Waals surface area contributed by atoms with E-state index in [0.29, 0.717) is 33.0 Å². The molecule has 2 rings (SSSR count). The predicted molar refractivity (Wildman–Crippen MR) is 84.7 cm³/mol. The number of benzene rings is 1. The molecule has 4 nitrogen and oxygen atoms in total. The van der Waals surface area contributed by atoms with Crippen LogP contribution >= 0.6 is 11.3 Å². The first-order valence-corrected chi connectivity index (χ1v) is 7.83. The smallest absolute Gasteiger partial charge is 0.349 e. The van der Waals surface area contributed by atoms with Crippen LogP contribution in [0.4, 0.5) is 4.39 Å². The van der Waals surface area contributed by atoms with Crippen LogP contribution in [-0.4, -0.2) is 25.0 Å². The van der Waals surface area contributed by atoms with Gasteiger partial charge in [0.1, 0.15) is 10.7 Å². The Kier molecular flexibility index (Phi) is 5.13. The fraction of sp³-hybridized carbons (Fsp3) is 0.375. The van der Waals surface area contributed by atoms with Gasteiger partial charge in [-0.25, -0.2) is 9.18 Å². The third kappa shape index (κ3) is 3.62. The van der Waals surface area contributed by atoms with Gasteiger partial charge in [0.15, 0.2) is 6.61 Å². The van der Waals surface area contributed by atoms with Crippen molar-refractivity contribution in [2.45, 2.75) is 20.8 Å². The Balaban J connectivity index is 2.06. The Bertz CT molecular complexity index is 709. The minimum absolute atomic E-state index is 0.326. The lowest BCUT2D eigenvalue weighted by Crippen LogP contribution is -2.31. The highest BCUT2D eigenvalue weighted by Gasteiger charge is 2.19. The SMILES string of the molecule is Cc1c(C(=O)OCC(=O)NCC(C)C)sc2cccc(F)c12. The molecule has 1 aromatic heterocycles. The Hall–Kier alpha value is -1.95. The largest absolute Gasteiger partial charge is 0.451 e. The molecule has 118 valence electrons. The fourth-order valence-corrected chi connectivity index (χ4v) is 3.13. The lowest BCUT2D eigenvalue weighted by atomic mass is 10.1. The molecular formula is C16H18FNO3S. The second-order valence-corrected chi connectivity index (χ2v) is 6.50. The average Bonchev–Trinajstić information content (AvgIpc) is 2.81. The highest BCUT2D eigenvalue weighted by atomic mass is 32.1. The summed E-state index contributed by atoms with van der Waals surface area (Å²) in [6.07, 6.45) is 0. The van der Waals surface area contributed by atoms with Gasteiger partial charge in [-0.1, -0.05) is 19.9 Å². The molecule has 1 N–H and O–H groups in total. The van der Waals surface area contributed by atoms with E-state index in [1.807, 2.05) is 13.8 Å². The highest BCUT2D eigenvalue weighted by molar-refractivity contribution is 7.21. The number of ether oxygens (including phenoxy) is 1. The van der Waals surface area contributed by atoms with E-state index in [-0.39, 0.29) is 18.3 Å². The standard InChI is InChI=1S/C16H18FNO3S/c1-9(2)7-18-13(19)8-21-16(20)15-10(3)14-11(17)5-4-6-12(14)22-15/h4-6,9H,7-8H2,1-3H3,(H,18,19). The minimum atomic E-state index is -0.599. The molecule has 2 aromatic rings. The molecule has 6 heteroatoms. The fourth-order valence-electron chi connectivity index (χ4n) is 2.01. The van der Waals surface area contributed by atoms with Crippen molar-refractivity contribution in [3.05, 3.63) is 34.5 Å². The predicted octanol–water partition coefficient (Wildman–Crippen LogP) is 3.28. The Labute approximate surface area is 132 Å². The first-order chi connectivity index (χ1) is 10.4. The quantitative estimate of drug-likeness (QED) is 0.859. The van der Waals surface area contributed by atoms with Crippen LogP contribution in [-0.2, 0) is 9.53 Å². The Morgan fingerprint density at radius 2 is 2.09 bits per heavy atom. The molecule has 0 aliphatic heterocycles. The van der Waals surface area contributed by atoms with Crippen molar-refractivity contribution < 1.29 is 18.7 Å². The van der Waals surface area contributed by atoms with Gasteiger partial charge in [-0.05, 0) is 30.5 Å². The number of thiophene rings is 1.